The minimum Gasteiger partial charge on any atom is -0.497 e. The molecule has 0 fully saturated rings. The molecule has 2 aliphatic carbocycles. The Labute approximate surface area is 124 Å². The Hall–Kier alpha value is -2.35. The third-order valence-corrected chi connectivity index (χ3v) is 4.51. The number of allylic oxidation sites excluding steroid dienone is 4. The maximum Gasteiger partial charge on any atom is 0.118 e. The van der Waals surface area contributed by atoms with Gasteiger partial charge in [-0.15, -0.1) is 0 Å². The first-order valence-corrected chi connectivity index (χ1v) is 7.34. The van der Waals surface area contributed by atoms with Crippen LogP contribution in [-0.4, -0.2) is 12.1 Å². The van der Waals surface area contributed by atoms with Crippen LogP contribution in [0.25, 0.3) is 11.1 Å². The SMILES string of the molecule is COc1ccc(C2=C(c3ccncc3)C3C=CC2C3)cc1. The third kappa shape index (κ3) is 1.99. The summed E-state index contributed by atoms with van der Waals surface area (Å²) in [6.45, 7) is 0. The van der Waals surface area contributed by atoms with Gasteiger partial charge in [0.15, 0.2) is 0 Å². The summed E-state index contributed by atoms with van der Waals surface area (Å²) in [5.74, 6) is 2.00. The summed E-state index contributed by atoms with van der Waals surface area (Å²) in [5.41, 5.74) is 5.54. The monoisotopic (exact) mass is 275 g/mol. The van der Waals surface area contributed by atoms with Crippen LogP contribution in [-0.2, 0) is 0 Å². The van der Waals surface area contributed by atoms with E-state index in [9.17, 15) is 0 Å². The minimum atomic E-state index is 0.548. The molecule has 2 heteroatoms. The maximum absolute atomic E-state index is 5.27. The number of pyridine rings is 1. The van der Waals surface area contributed by atoms with E-state index in [2.05, 4.69) is 41.4 Å². The molecule has 0 saturated heterocycles. The molecule has 1 aromatic heterocycles. The van der Waals surface area contributed by atoms with Crippen molar-refractivity contribution in [1.82, 2.24) is 4.98 Å². The van der Waals surface area contributed by atoms with Gasteiger partial charge < -0.3 is 4.74 Å². The zero-order chi connectivity index (χ0) is 14.2. The van der Waals surface area contributed by atoms with E-state index in [1.165, 1.54) is 28.7 Å². The lowest BCUT2D eigenvalue weighted by molar-refractivity contribution is 0.415. The number of hydrogen-bond acceptors (Lipinski definition) is 2. The molecule has 4 rings (SSSR count). The number of nitrogens with zero attached hydrogens (tertiary/aromatic N) is 1. The molecule has 2 aliphatic rings. The molecule has 21 heavy (non-hydrogen) atoms. The average molecular weight is 275 g/mol. The van der Waals surface area contributed by atoms with Crippen molar-refractivity contribution < 1.29 is 4.74 Å². The van der Waals surface area contributed by atoms with E-state index < -0.39 is 0 Å². The Balaban J connectivity index is 1.84. The number of rotatable bonds is 3. The fraction of sp³-hybridized carbons (Fsp3) is 0.211. The van der Waals surface area contributed by atoms with Gasteiger partial charge >= 0.3 is 0 Å². The number of fused-ring (bicyclic) bond motifs is 2. The van der Waals surface area contributed by atoms with E-state index >= 15 is 0 Å². The first-order valence-electron chi connectivity index (χ1n) is 7.34. The molecule has 2 bridgehead atoms. The smallest absolute Gasteiger partial charge is 0.118 e. The lowest BCUT2D eigenvalue weighted by atomic mass is 9.88. The van der Waals surface area contributed by atoms with Gasteiger partial charge in [0.2, 0.25) is 0 Å². The summed E-state index contributed by atoms with van der Waals surface area (Å²) in [6, 6.07) is 12.7. The van der Waals surface area contributed by atoms with Crippen LogP contribution < -0.4 is 4.74 Å². The Bertz CT molecular complexity index is 713. The summed E-state index contributed by atoms with van der Waals surface area (Å²) in [6.07, 6.45) is 9.68. The standard InChI is InChI=1S/C19H17NO/c1-21-17-6-4-13(5-7-17)18-15-2-3-16(12-15)19(18)14-8-10-20-11-9-14/h2-11,15-16H,12H2,1H3. The van der Waals surface area contributed by atoms with Crippen molar-refractivity contribution in [3.8, 4) is 5.75 Å². The number of aromatic nitrogens is 1. The Morgan fingerprint density at radius 1 is 0.857 bits per heavy atom. The number of hydrogen-bond donors (Lipinski definition) is 0. The molecule has 0 spiro atoms. The topological polar surface area (TPSA) is 22.1 Å². The van der Waals surface area contributed by atoms with E-state index in [4.69, 9.17) is 4.74 Å². The van der Waals surface area contributed by atoms with Gasteiger partial charge in [-0.2, -0.15) is 0 Å². The fourth-order valence-corrected chi connectivity index (χ4v) is 3.57. The minimum absolute atomic E-state index is 0.548. The molecule has 1 aromatic carbocycles. The van der Waals surface area contributed by atoms with Crippen molar-refractivity contribution in [3.63, 3.8) is 0 Å². The second kappa shape index (κ2) is 4.88. The maximum atomic E-state index is 5.27. The summed E-state index contributed by atoms with van der Waals surface area (Å²) in [5, 5.41) is 0. The van der Waals surface area contributed by atoms with Crippen molar-refractivity contribution in [3.05, 3.63) is 72.1 Å². The Morgan fingerprint density at radius 3 is 2.00 bits per heavy atom. The molecule has 2 unspecified atom stereocenters. The van der Waals surface area contributed by atoms with Gasteiger partial charge in [0, 0.05) is 24.2 Å². The zero-order valence-corrected chi connectivity index (χ0v) is 12.0. The normalized spacial score (nSPS) is 22.9. The number of methoxy groups -OCH3 is 1. The summed E-state index contributed by atoms with van der Waals surface area (Å²) >= 11 is 0. The van der Waals surface area contributed by atoms with Gasteiger partial charge in [0.25, 0.3) is 0 Å². The first-order chi connectivity index (χ1) is 10.4. The van der Waals surface area contributed by atoms with Crippen LogP contribution in [0.5, 0.6) is 5.75 Å². The van der Waals surface area contributed by atoms with Gasteiger partial charge in [-0.25, -0.2) is 0 Å². The van der Waals surface area contributed by atoms with Crippen LogP contribution in [0.3, 0.4) is 0 Å². The molecule has 0 N–H and O–H groups in total. The molecule has 1 heterocycles. The van der Waals surface area contributed by atoms with Crippen molar-refractivity contribution in [2.24, 2.45) is 11.8 Å². The number of benzene rings is 1. The second-order valence-electron chi connectivity index (χ2n) is 5.63. The highest BCUT2D eigenvalue weighted by molar-refractivity contribution is 5.97. The molecule has 2 aromatic rings. The van der Waals surface area contributed by atoms with E-state index in [0.29, 0.717) is 11.8 Å². The van der Waals surface area contributed by atoms with Gasteiger partial charge in [0.05, 0.1) is 7.11 Å². The highest BCUT2D eigenvalue weighted by atomic mass is 16.5. The van der Waals surface area contributed by atoms with Crippen LogP contribution in [0.1, 0.15) is 17.5 Å². The summed E-state index contributed by atoms with van der Waals surface area (Å²) in [7, 11) is 1.71. The third-order valence-electron chi connectivity index (χ3n) is 4.51. The molecule has 0 radical (unpaired) electrons. The van der Waals surface area contributed by atoms with Gasteiger partial charge in [-0.05, 0) is 53.0 Å². The van der Waals surface area contributed by atoms with E-state index in [1.54, 1.807) is 7.11 Å². The fourth-order valence-electron chi connectivity index (χ4n) is 3.57. The average Bonchev–Trinajstić information content (AvgIpc) is 3.17. The van der Waals surface area contributed by atoms with Crippen LogP contribution in [0.2, 0.25) is 0 Å². The largest absolute Gasteiger partial charge is 0.497 e. The van der Waals surface area contributed by atoms with E-state index in [0.717, 1.165) is 5.75 Å². The van der Waals surface area contributed by atoms with Gasteiger partial charge in [-0.3, -0.25) is 4.98 Å². The number of ether oxygens (including phenoxy) is 1. The molecular formula is C19H17NO. The molecule has 0 saturated carbocycles. The lowest BCUT2D eigenvalue weighted by Gasteiger charge is -2.17. The van der Waals surface area contributed by atoms with Gasteiger partial charge in [-0.1, -0.05) is 24.3 Å². The Kier molecular flexibility index (Phi) is 2.88. The molecule has 0 amide bonds. The van der Waals surface area contributed by atoms with Gasteiger partial charge in [0.1, 0.15) is 5.75 Å². The lowest BCUT2D eigenvalue weighted by Crippen LogP contribution is -1.98. The van der Waals surface area contributed by atoms with Crippen LogP contribution in [0.15, 0.2) is 60.9 Å². The van der Waals surface area contributed by atoms with Crippen molar-refractivity contribution in [2.75, 3.05) is 7.11 Å². The predicted molar refractivity (Wildman–Crippen MR) is 84.8 cm³/mol. The van der Waals surface area contributed by atoms with Crippen LogP contribution in [0, 0.1) is 11.8 Å². The molecular weight excluding hydrogens is 258 g/mol. The van der Waals surface area contributed by atoms with Crippen molar-refractivity contribution >= 4 is 11.1 Å². The van der Waals surface area contributed by atoms with Crippen molar-refractivity contribution in [2.45, 2.75) is 6.42 Å². The first kappa shape index (κ1) is 12.4. The molecule has 0 aliphatic heterocycles. The van der Waals surface area contributed by atoms with Crippen LogP contribution in [0.4, 0.5) is 0 Å². The molecule has 104 valence electrons. The molecule has 2 nitrogen and oxygen atoms in total. The van der Waals surface area contributed by atoms with Crippen molar-refractivity contribution in [1.29, 1.82) is 0 Å². The quantitative estimate of drug-likeness (QED) is 0.783. The second-order valence-corrected chi connectivity index (χ2v) is 5.63. The van der Waals surface area contributed by atoms with E-state index in [1.807, 2.05) is 24.5 Å². The summed E-state index contributed by atoms with van der Waals surface area (Å²) < 4.78 is 5.27. The highest BCUT2D eigenvalue weighted by Gasteiger charge is 2.36. The Morgan fingerprint density at radius 2 is 1.43 bits per heavy atom. The molecule has 2 atom stereocenters. The zero-order valence-electron chi connectivity index (χ0n) is 12.0. The van der Waals surface area contributed by atoms with Crippen LogP contribution >= 0.6 is 0 Å². The highest BCUT2D eigenvalue weighted by Crippen LogP contribution is 2.52. The summed E-state index contributed by atoms with van der Waals surface area (Å²) in [4.78, 5) is 4.14. The predicted octanol–water partition coefficient (Wildman–Crippen LogP) is 4.21. The van der Waals surface area contributed by atoms with E-state index in [-0.39, 0.29) is 0 Å².